The van der Waals surface area contributed by atoms with Gasteiger partial charge in [0.05, 0.1) is 19.7 Å². The van der Waals surface area contributed by atoms with Crippen molar-refractivity contribution in [2.75, 3.05) is 0 Å². The molecule has 0 saturated heterocycles. The van der Waals surface area contributed by atoms with Crippen molar-refractivity contribution in [1.82, 2.24) is 41.3 Å². The van der Waals surface area contributed by atoms with E-state index in [1.165, 1.54) is 0 Å². The fourth-order valence-electron chi connectivity index (χ4n) is 6.24. The van der Waals surface area contributed by atoms with Crippen LogP contribution >= 0.6 is 0 Å². The average Bonchev–Trinajstić information content (AvgIpc) is 3.86. The van der Waals surface area contributed by atoms with Crippen LogP contribution in [0.5, 0.6) is 0 Å². The van der Waals surface area contributed by atoms with Crippen LogP contribution in [-0.4, -0.2) is 111 Å². The number of hydrogen-bond donors (Lipinski definition) is 4. The Morgan fingerprint density at radius 3 is 0.603 bits per heavy atom. The smallest absolute Gasteiger partial charge is 0.358 e. The number of hydrogen-bond acceptors (Lipinski definition) is 28. The minimum absolute atomic E-state index is 0. The van der Waals surface area contributed by atoms with Gasteiger partial charge in [-0.25, -0.2) is 40.5 Å². The predicted molar refractivity (Wildman–Crippen MR) is 153 cm³/mol. The van der Waals surface area contributed by atoms with E-state index in [1.54, 1.807) is 0 Å². The van der Waals surface area contributed by atoms with E-state index < -0.39 is 157 Å². The maximum atomic E-state index is 12.7. The Hall–Kier alpha value is -8.78. The Balaban J connectivity index is 0.00000900. The normalized spacial score (nSPS) is 22.2. The Morgan fingerprint density at radius 2 is 0.500 bits per heavy atom. The first-order chi connectivity index (χ1) is 26.3. The van der Waals surface area contributed by atoms with E-state index in [2.05, 4.69) is 0 Å². The zero-order valence-electron chi connectivity index (χ0n) is 26.8. The van der Waals surface area contributed by atoms with Crippen LogP contribution < -0.4 is 50.8 Å². The number of nitrogens with zero attached hydrogens (tertiary/aromatic N) is 16. The van der Waals surface area contributed by atoms with Gasteiger partial charge in [-0.1, -0.05) is 0 Å². The van der Waals surface area contributed by atoms with Crippen molar-refractivity contribution in [2.45, 2.75) is 25.2 Å². The maximum Gasteiger partial charge on any atom is 1.00 e. The summed E-state index contributed by atoms with van der Waals surface area (Å²) in [4.78, 5) is 133. The Kier molecular flexibility index (Phi) is 11.1. The van der Waals surface area contributed by atoms with Crippen molar-refractivity contribution >= 4 is 6.15 Å². The first-order valence-corrected chi connectivity index (χ1v) is 13.3. The van der Waals surface area contributed by atoms with Gasteiger partial charge in [-0.2, -0.15) is 21.3 Å². The van der Waals surface area contributed by atoms with E-state index in [0.717, 1.165) is 21.3 Å². The van der Waals surface area contributed by atoms with Gasteiger partial charge in [0.15, 0.2) is 20.1 Å². The van der Waals surface area contributed by atoms with Crippen molar-refractivity contribution in [3.05, 3.63) is 167 Å². The van der Waals surface area contributed by atoms with Gasteiger partial charge in [-0.15, -0.1) is 0 Å². The number of nitrogens with one attached hydrogen (secondary N) is 4. The van der Waals surface area contributed by atoms with E-state index in [-0.39, 0.29) is 29.6 Å². The second-order valence-electron chi connectivity index (χ2n) is 10.4. The molecule has 4 aliphatic rings. The first-order valence-electron chi connectivity index (χ1n) is 13.3. The molecule has 4 atom stereocenters. The third kappa shape index (κ3) is 6.23. The first kappa shape index (κ1) is 43.6. The molecule has 0 bridgehead atoms. The SMILES string of the molecule is O=[N+]([O-])C1=C([B-](C2=C([N+](=O)[O-])NC([N+](=O)[O-])N2[N+](=O)[O-])(C2=C([N+](=O)[O-])NC([N+](=O)[O-])N2[N+](=O)[O-])C2=C([N+](=O)[O-])NC([N+](=O)[O-])N2[N+](=O)[O-])N([N+](=O)[O-])C([N+](=O)[O-])N1.[Na+]. The number of rotatable bonds is 16. The molecule has 0 saturated carbocycles. The fourth-order valence-corrected chi connectivity index (χ4v) is 6.24. The molecule has 46 heteroatoms. The van der Waals surface area contributed by atoms with Crippen molar-refractivity contribution < 1.29 is 89.1 Å². The topological polar surface area (TPSA) is 579 Å². The molecule has 4 aliphatic heterocycles. The summed E-state index contributed by atoms with van der Waals surface area (Å²) >= 11 is 0. The van der Waals surface area contributed by atoms with Crippen molar-refractivity contribution in [1.29, 1.82) is 0 Å². The molecule has 0 aliphatic carbocycles. The van der Waals surface area contributed by atoms with Crippen LogP contribution in [-0.2, 0) is 0 Å². The molecular weight excluding hydrogens is 842 g/mol. The largest absolute Gasteiger partial charge is 1.00 e. The zero-order valence-corrected chi connectivity index (χ0v) is 28.8. The van der Waals surface area contributed by atoms with Crippen molar-refractivity contribution in [3.63, 3.8) is 0 Å². The molecule has 0 amide bonds. The van der Waals surface area contributed by atoms with Crippen LogP contribution in [0.3, 0.4) is 0 Å². The summed E-state index contributed by atoms with van der Waals surface area (Å²) in [5.74, 6) is -10.4. The fraction of sp³-hybridized carbons (Fsp3) is 0.333. The molecule has 4 rings (SSSR count). The number of nitro groups is 12. The van der Waals surface area contributed by atoms with Crippen LogP contribution in [0.25, 0.3) is 0 Å². The van der Waals surface area contributed by atoms with Gasteiger partial charge in [-0.05, 0) is 39.7 Å². The van der Waals surface area contributed by atoms with Crippen LogP contribution in [0.1, 0.15) is 0 Å². The van der Waals surface area contributed by atoms with Crippen LogP contribution in [0.15, 0.2) is 45.7 Å². The Bertz CT molecular complexity index is 1890. The zero-order chi connectivity index (χ0) is 43.5. The third-order valence-electron chi connectivity index (χ3n) is 7.82. The molecule has 304 valence electrons. The molecular formula is C12H8BN20NaO24. The predicted octanol–water partition coefficient (Wildman–Crippen LogP) is -8.99. The maximum absolute atomic E-state index is 12.7. The molecule has 0 aromatic carbocycles. The van der Waals surface area contributed by atoms with E-state index in [1.807, 2.05) is 0 Å². The summed E-state index contributed by atoms with van der Waals surface area (Å²) in [6.45, 7) is 0. The average molecular weight is 850 g/mol. The summed E-state index contributed by atoms with van der Waals surface area (Å²) < 4.78 is 0. The molecule has 4 heterocycles. The molecule has 58 heavy (non-hydrogen) atoms. The van der Waals surface area contributed by atoms with Crippen molar-refractivity contribution in [2.24, 2.45) is 0 Å². The summed E-state index contributed by atoms with van der Waals surface area (Å²) in [5.41, 5.74) is -11.3. The van der Waals surface area contributed by atoms with E-state index >= 15 is 0 Å². The Labute approximate surface area is 328 Å². The van der Waals surface area contributed by atoms with E-state index in [0.29, 0.717) is 0 Å². The third-order valence-corrected chi connectivity index (χ3v) is 7.82. The van der Waals surface area contributed by atoms with Crippen LogP contribution in [0.4, 0.5) is 0 Å². The monoisotopic (exact) mass is 850 g/mol. The molecule has 0 radical (unpaired) electrons. The second-order valence-corrected chi connectivity index (χ2v) is 10.4. The summed E-state index contributed by atoms with van der Waals surface area (Å²) in [6, 6.07) is 0. The molecule has 0 fully saturated rings. The van der Waals surface area contributed by atoms with Crippen molar-refractivity contribution in [3.8, 4) is 0 Å². The van der Waals surface area contributed by atoms with Gasteiger partial charge in [0.25, 0.3) is 6.15 Å². The van der Waals surface area contributed by atoms with E-state index in [9.17, 15) is 121 Å². The van der Waals surface area contributed by atoms with Gasteiger partial charge in [0.2, 0.25) is 0 Å². The molecule has 4 unspecified atom stereocenters. The molecule has 0 aromatic rings. The van der Waals surface area contributed by atoms with Gasteiger partial charge in [0, 0.05) is 22.4 Å². The van der Waals surface area contributed by atoms with E-state index in [4.69, 9.17) is 0 Å². The minimum atomic E-state index is -6.70. The standard InChI is InChI=1S/C12H8BN20O24.Na/c34-22(35)5-1(18(30(50)51)9(14-5)26(42)43)13(2-6(23(36)37)15-10(27(44)45)19(2)31(52)53,3-7(24(38)39)16-11(28(46)47)20(3)32(54)55)4-8(25(40)41)17-12(29(48)49)21(4)33(56)57;/h9-12,14-17H;/q-1;+1. The second kappa shape index (κ2) is 14.8. The van der Waals surface area contributed by atoms with Crippen LogP contribution in [0.2, 0.25) is 0 Å². The van der Waals surface area contributed by atoms with Gasteiger partial charge in [0.1, 0.15) is 0 Å². The summed E-state index contributed by atoms with van der Waals surface area (Å²) in [7, 11) is 0. The van der Waals surface area contributed by atoms with Gasteiger partial charge >= 0.3 is 78.0 Å². The van der Waals surface area contributed by atoms with Crippen LogP contribution in [0, 0.1) is 121 Å². The molecule has 44 nitrogen and oxygen atoms in total. The number of hydrazine groups is 4. The van der Waals surface area contributed by atoms with Gasteiger partial charge < -0.3 is 40.5 Å². The summed E-state index contributed by atoms with van der Waals surface area (Å²) in [6.07, 6.45) is -21.4. The molecule has 0 spiro atoms. The summed E-state index contributed by atoms with van der Waals surface area (Å²) in [5, 5.41) is 139. The Morgan fingerprint density at radius 1 is 0.345 bits per heavy atom. The van der Waals surface area contributed by atoms with Gasteiger partial charge in [-0.3, -0.25) is 40.5 Å². The molecule has 0 aromatic heterocycles. The minimum Gasteiger partial charge on any atom is -0.358 e. The molecule has 4 N–H and O–H groups in total. The quantitative estimate of drug-likeness (QED) is 0.0636.